The maximum Gasteiger partial charge on any atom is 0.418 e. The summed E-state index contributed by atoms with van der Waals surface area (Å²) in [6.07, 6.45) is -2.54. The predicted octanol–water partition coefficient (Wildman–Crippen LogP) is 8.03. The average Bonchev–Trinajstić information content (AvgIpc) is 3.74. The van der Waals surface area contributed by atoms with Gasteiger partial charge >= 0.3 is 12.3 Å². The van der Waals surface area contributed by atoms with Gasteiger partial charge in [-0.1, -0.05) is 56.8 Å². The van der Waals surface area contributed by atoms with Crippen molar-refractivity contribution in [2.24, 2.45) is 10.7 Å². The van der Waals surface area contributed by atoms with Crippen LogP contribution >= 0.6 is 0 Å². The minimum absolute atomic E-state index is 0.0488. The van der Waals surface area contributed by atoms with Crippen LogP contribution < -0.4 is 11.1 Å². The molecular formula is C35H45F3N4O3. The number of benzene rings is 2. The summed E-state index contributed by atoms with van der Waals surface area (Å²) in [5.41, 5.74) is 6.68. The SMILES string of the molecule is C=C(CCc1ccccc1C1(C(N)=O)CC1)/C(=C\N=C(C)Nc1ccc(C2CN(C(=O)OC(C)(C)C)C2)cc1)C(F)(F)F.CC. The number of aliphatic imine (C=N–C) groups is 1. The number of hydrogen-bond donors (Lipinski definition) is 2. The molecule has 0 unspecified atom stereocenters. The molecular weight excluding hydrogens is 581 g/mol. The monoisotopic (exact) mass is 626 g/mol. The molecule has 1 heterocycles. The van der Waals surface area contributed by atoms with E-state index in [9.17, 15) is 22.8 Å². The number of amidine groups is 1. The van der Waals surface area contributed by atoms with Gasteiger partial charge in [0.2, 0.25) is 5.91 Å². The minimum atomic E-state index is -4.64. The van der Waals surface area contributed by atoms with Crippen LogP contribution in [-0.4, -0.2) is 47.6 Å². The van der Waals surface area contributed by atoms with E-state index in [2.05, 4.69) is 16.9 Å². The molecule has 45 heavy (non-hydrogen) atoms. The van der Waals surface area contributed by atoms with Crippen LogP contribution in [0.5, 0.6) is 0 Å². The van der Waals surface area contributed by atoms with Crippen molar-refractivity contribution in [1.29, 1.82) is 0 Å². The van der Waals surface area contributed by atoms with Crippen LogP contribution in [-0.2, 0) is 21.4 Å². The van der Waals surface area contributed by atoms with E-state index in [0.29, 0.717) is 38.0 Å². The molecule has 2 fully saturated rings. The second-order valence-electron chi connectivity index (χ2n) is 12.3. The number of anilines is 1. The Morgan fingerprint density at radius 2 is 1.69 bits per heavy atom. The molecule has 0 atom stereocenters. The van der Waals surface area contributed by atoms with Crippen LogP contribution in [0.4, 0.5) is 23.7 Å². The highest BCUT2D eigenvalue weighted by atomic mass is 19.4. The van der Waals surface area contributed by atoms with E-state index in [1.165, 1.54) is 0 Å². The fraction of sp³-hybridized carbons (Fsp3) is 0.457. The van der Waals surface area contributed by atoms with Gasteiger partial charge in [0.15, 0.2) is 0 Å². The molecule has 0 bridgehead atoms. The molecule has 0 spiro atoms. The van der Waals surface area contributed by atoms with E-state index in [1.54, 1.807) is 17.9 Å². The third kappa shape index (κ3) is 9.22. The van der Waals surface area contributed by atoms with Crippen molar-refractivity contribution < 1.29 is 27.5 Å². The first-order chi connectivity index (χ1) is 21.1. The number of nitrogens with two attached hydrogens (primary N) is 1. The highest BCUT2D eigenvalue weighted by Gasteiger charge is 2.50. The number of aryl methyl sites for hydroxylation is 1. The van der Waals surface area contributed by atoms with Crippen LogP contribution in [0.25, 0.3) is 0 Å². The first-order valence-electron chi connectivity index (χ1n) is 15.3. The average molecular weight is 627 g/mol. The van der Waals surface area contributed by atoms with Crippen molar-refractivity contribution in [3.63, 3.8) is 0 Å². The molecule has 2 amide bonds. The molecule has 3 N–H and O–H groups in total. The Labute approximate surface area is 264 Å². The number of carbonyl (C=O) groups is 2. The van der Waals surface area contributed by atoms with Gasteiger partial charge in [0.25, 0.3) is 0 Å². The van der Waals surface area contributed by atoms with Crippen LogP contribution in [0.15, 0.2) is 77.4 Å². The molecule has 1 aliphatic heterocycles. The van der Waals surface area contributed by atoms with E-state index in [-0.39, 0.29) is 29.8 Å². The Morgan fingerprint density at radius 1 is 1.09 bits per heavy atom. The highest BCUT2D eigenvalue weighted by molar-refractivity contribution is 5.94. The van der Waals surface area contributed by atoms with Crippen molar-refractivity contribution in [2.45, 2.75) is 90.3 Å². The summed E-state index contributed by atoms with van der Waals surface area (Å²) in [7, 11) is 0. The number of halogens is 3. The van der Waals surface area contributed by atoms with Gasteiger partial charge in [-0.25, -0.2) is 9.79 Å². The third-order valence-electron chi connectivity index (χ3n) is 7.76. The molecule has 0 radical (unpaired) electrons. The summed E-state index contributed by atoms with van der Waals surface area (Å²) in [4.78, 5) is 29.9. The first-order valence-corrected chi connectivity index (χ1v) is 15.3. The summed E-state index contributed by atoms with van der Waals surface area (Å²) in [6, 6.07) is 14.8. The van der Waals surface area contributed by atoms with Gasteiger partial charge in [-0.3, -0.25) is 4.79 Å². The number of ether oxygens (including phenoxy) is 1. The number of alkyl halides is 3. The number of hydrogen-bond acceptors (Lipinski definition) is 4. The summed E-state index contributed by atoms with van der Waals surface area (Å²) >= 11 is 0. The maximum atomic E-state index is 14.0. The van der Waals surface area contributed by atoms with Crippen LogP contribution in [0.3, 0.4) is 0 Å². The molecule has 244 valence electrons. The number of allylic oxidation sites excluding steroid dienone is 2. The van der Waals surface area contributed by atoms with E-state index >= 15 is 0 Å². The Morgan fingerprint density at radius 3 is 2.22 bits per heavy atom. The molecule has 2 aromatic carbocycles. The Bertz CT molecular complexity index is 1430. The van der Waals surface area contributed by atoms with Crippen LogP contribution in [0.2, 0.25) is 0 Å². The number of amides is 2. The van der Waals surface area contributed by atoms with Gasteiger partial charge < -0.3 is 20.7 Å². The molecule has 2 aliphatic rings. The van der Waals surface area contributed by atoms with Gasteiger partial charge in [0, 0.05) is 30.9 Å². The molecule has 10 heteroatoms. The summed E-state index contributed by atoms with van der Waals surface area (Å²) in [5, 5.41) is 3.02. The molecule has 1 saturated heterocycles. The Balaban J connectivity index is 0.00000271. The topological polar surface area (TPSA) is 97.0 Å². The van der Waals surface area contributed by atoms with E-state index in [0.717, 1.165) is 22.9 Å². The standard InChI is InChI=1S/C33H39F3N4O3.C2H6/c1-21(10-11-24-8-6-7-9-27(24)32(16-17-32)29(37)41)28(33(34,35)36)18-38-22(2)39-26-14-12-23(13-15-26)25-19-40(20-25)30(42)43-31(3,4)5;1-2/h6-9,12-15,18,25H,1,10-11,16-17,19-20H2,2-5H3,(H2,37,41)(H,38,39);1-2H3/b28-18+;. The van der Waals surface area contributed by atoms with Gasteiger partial charge in [-0.15, -0.1) is 0 Å². The van der Waals surface area contributed by atoms with Crippen molar-refractivity contribution in [2.75, 3.05) is 18.4 Å². The summed E-state index contributed by atoms with van der Waals surface area (Å²) < 4.78 is 47.3. The lowest BCUT2D eigenvalue weighted by molar-refractivity contribution is -0.120. The van der Waals surface area contributed by atoms with Crippen molar-refractivity contribution in [1.82, 2.24) is 4.90 Å². The fourth-order valence-electron chi connectivity index (χ4n) is 5.17. The number of carbonyl (C=O) groups excluding carboxylic acids is 2. The lowest BCUT2D eigenvalue weighted by Gasteiger charge is -2.40. The Hall–Kier alpha value is -4.08. The number of nitrogens with one attached hydrogen (secondary N) is 1. The zero-order valence-electron chi connectivity index (χ0n) is 27.1. The predicted molar refractivity (Wildman–Crippen MR) is 173 cm³/mol. The maximum absolute atomic E-state index is 14.0. The highest BCUT2D eigenvalue weighted by Crippen LogP contribution is 2.49. The van der Waals surface area contributed by atoms with Crippen LogP contribution in [0.1, 0.15) is 83.4 Å². The van der Waals surface area contributed by atoms with Gasteiger partial charge in [-0.2, -0.15) is 13.2 Å². The molecule has 1 aliphatic carbocycles. The second kappa shape index (κ2) is 14.3. The lowest BCUT2D eigenvalue weighted by Crippen LogP contribution is -2.50. The third-order valence-corrected chi connectivity index (χ3v) is 7.76. The normalized spacial score (nSPS) is 16.6. The number of likely N-dealkylation sites (tertiary alicyclic amines) is 1. The lowest BCUT2D eigenvalue weighted by atomic mass is 9.87. The van der Waals surface area contributed by atoms with Crippen LogP contribution in [0, 0.1) is 0 Å². The van der Waals surface area contributed by atoms with Crippen molar-refractivity contribution >= 4 is 23.5 Å². The molecule has 7 nitrogen and oxygen atoms in total. The zero-order valence-corrected chi connectivity index (χ0v) is 27.1. The first kappa shape index (κ1) is 35.4. The Kier molecular flexibility index (Phi) is 11.3. The molecule has 2 aromatic rings. The van der Waals surface area contributed by atoms with Gasteiger partial charge in [0.05, 0.1) is 11.0 Å². The minimum Gasteiger partial charge on any atom is -0.444 e. The quantitative estimate of drug-likeness (QED) is 0.167. The van der Waals surface area contributed by atoms with E-state index in [4.69, 9.17) is 10.5 Å². The van der Waals surface area contributed by atoms with Gasteiger partial charge in [0.1, 0.15) is 11.4 Å². The molecule has 4 rings (SSSR count). The van der Waals surface area contributed by atoms with Crippen molar-refractivity contribution in [3.8, 4) is 0 Å². The van der Waals surface area contributed by atoms with Crippen molar-refractivity contribution in [3.05, 3.63) is 89.1 Å². The smallest absolute Gasteiger partial charge is 0.418 e. The van der Waals surface area contributed by atoms with E-state index < -0.39 is 28.7 Å². The summed E-state index contributed by atoms with van der Waals surface area (Å²) in [6.45, 7) is 15.9. The number of primary amides is 1. The zero-order chi connectivity index (χ0) is 33.6. The second-order valence-corrected chi connectivity index (χ2v) is 12.3. The number of rotatable bonds is 9. The summed E-state index contributed by atoms with van der Waals surface area (Å²) in [5.74, 6) is 0.0659. The fourth-order valence-corrected chi connectivity index (χ4v) is 5.17. The van der Waals surface area contributed by atoms with Gasteiger partial charge in [-0.05, 0) is 87.8 Å². The molecule has 0 aromatic heterocycles. The largest absolute Gasteiger partial charge is 0.444 e. The molecule has 1 saturated carbocycles. The number of nitrogens with zero attached hydrogens (tertiary/aromatic N) is 2. The van der Waals surface area contributed by atoms with E-state index in [1.807, 2.05) is 77.1 Å².